The number of imidazole rings is 1. The summed E-state index contributed by atoms with van der Waals surface area (Å²) in [6.45, 7) is 0.312. The minimum Gasteiger partial charge on any atom is -0.337 e. The second kappa shape index (κ2) is 4.27. The van der Waals surface area contributed by atoms with Crippen LogP contribution in [0, 0.1) is 0 Å². The molecule has 0 spiro atoms. The van der Waals surface area contributed by atoms with Crippen LogP contribution in [0.15, 0.2) is 23.5 Å². The fourth-order valence-electron chi connectivity index (χ4n) is 1.26. The summed E-state index contributed by atoms with van der Waals surface area (Å²) in [4.78, 5) is 19.6. The molecule has 0 saturated carbocycles. The Kier molecular flexibility index (Phi) is 2.98. The van der Waals surface area contributed by atoms with Gasteiger partial charge in [0.2, 0.25) is 0 Å². The van der Waals surface area contributed by atoms with E-state index >= 15 is 0 Å². The molecule has 0 aliphatic rings. The largest absolute Gasteiger partial charge is 0.337 e. The lowest BCUT2D eigenvalue weighted by molar-refractivity contribution is 0.666. The highest BCUT2D eigenvalue weighted by Gasteiger charge is 2.09. The Labute approximate surface area is 101 Å². The fraction of sp³-hybridized carbons (Fsp3) is 0.222. The van der Waals surface area contributed by atoms with Crippen molar-refractivity contribution in [3.63, 3.8) is 0 Å². The fourth-order valence-corrected chi connectivity index (χ4v) is 1.54. The molecule has 0 N–H and O–H groups in total. The first-order valence-electron chi connectivity index (χ1n) is 4.46. The number of aromatic nitrogens is 4. The molecule has 2 rings (SSSR count). The van der Waals surface area contributed by atoms with Gasteiger partial charge in [0.25, 0.3) is 5.56 Å². The third-order valence-corrected chi connectivity index (χ3v) is 2.90. The van der Waals surface area contributed by atoms with E-state index in [0.29, 0.717) is 6.54 Å². The van der Waals surface area contributed by atoms with Crippen molar-refractivity contribution in [3.05, 3.63) is 45.1 Å². The Bertz CT molecular complexity index is 575. The number of aryl methyl sites for hydroxylation is 1. The smallest absolute Gasteiger partial charge is 0.274 e. The highest BCUT2D eigenvalue weighted by molar-refractivity contribution is 6.40. The van der Waals surface area contributed by atoms with Gasteiger partial charge in [-0.05, 0) is 0 Å². The molecule has 2 aromatic heterocycles. The van der Waals surface area contributed by atoms with E-state index in [9.17, 15) is 4.79 Å². The molecule has 0 amide bonds. The van der Waals surface area contributed by atoms with Gasteiger partial charge in [-0.25, -0.2) is 9.97 Å². The minimum atomic E-state index is -0.371. The zero-order valence-electron chi connectivity index (χ0n) is 8.39. The molecule has 0 aromatic carbocycles. The maximum atomic E-state index is 11.7. The molecule has 84 valence electrons. The summed E-state index contributed by atoms with van der Waals surface area (Å²) >= 11 is 11.3. The zero-order chi connectivity index (χ0) is 11.7. The van der Waals surface area contributed by atoms with Gasteiger partial charge < -0.3 is 4.57 Å². The monoisotopic (exact) mass is 258 g/mol. The topological polar surface area (TPSA) is 52.7 Å². The van der Waals surface area contributed by atoms with Gasteiger partial charge in [-0.2, -0.15) is 0 Å². The molecule has 5 nitrogen and oxygen atoms in total. The number of hydrogen-bond donors (Lipinski definition) is 0. The van der Waals surface area contributed by atoms with Crippen molar-refractivity contribution in [3.8, 4) is 0 Å². The lowest BCUT2D eigenvalue weighted by atomic mass is 10.5. The van der Waals surface area contributed by atoms with Crippen LogP contribution in [0.3, 0.4) is 0 Å². The first-order chi connectivity index (χ1) is 7.59. The van der Waals surface area contributed by atoms with Crippen LogP contribution < -0.4 is 5.56 Å². The van der Waals surface area contributed by atoms with E-state index in [0.717, 1.165) is 5.82 Å². The van der Waals surface area contributed by atoms with E-state index in [1.54, 1.807) is 12.4 Å². The Morgan fingerprint density at radius 1 is 1.38 bits per heavy atom. The van der Waals surface area contributed by atoms with Gasteiger partial charge in [0.1, 0.15) is 10.8 Å². The molecule has 16 heavy (non-hydrogen) atoms. The van der Waals surface area contributed by atoms with E-state index in [1.165, 1.54) is 10.9 Å². The molecule has 0 radical (unpaired) electrons. The van der Waals surface area contributed by atoms with Gasteiger partial charge in [-0.15, -0.1) is 0 Å². The average Bonchev–Trinajstić information content (AvgIpc) is 2.65. The van der Waals surface area contributed by atoms with E-state index in [1.807, 2.05) is 11.6 Å². The Balaban J connectivity index is 2.40. The predicted octanol–water partition coefficient (Wildman–Crippen LogP) is 1.33. The van der Waals surface area contributed by atoms with Gasteiger partial charge in [0.15, 0.2) is 5.15 Å². The zero-order valence-corrected chi connectivity index (χ0v) is 9.90. The van der Waals surface area contributed by atoms with Gasteiger partial charge in [0.05, 0.1) is 12.9 Å². The SMILES string of the molecule is Cn1ccnc1Cn1cnc(Cl)c(Cl)c1=O. The van der Waals surface area contributed by atoms with Gasteiger partial charge in [0, 0.05) is 19.4 Å². The average molecular weight is 259 g/mol. The normalized spacial score (nSPS) is 10.7. The maximum absolute atomic E-state index is 11.7. The lowest BCUT2D eigenvalue weighted by Gasteiger charge is -2.05. The summed E-state index contributed by atoms with van der Waals surface area (Å²) in [7, 11) is 1.85. The molecule has 0 atom stereocenters. The molecule has 2 aromatic rings. The summed E-state index contributed by atoms with van der Waals surface area (Å²) in [6.07, 6.45) is 4.81. The number of hydrogen-bond acceptors (Lipinski definition) is 3. The molecule has 0 aliphatic heterocycles. The van der Waals surface area contributed by atoms with Crippen LogP contribution >= 0.6 is 23.2 Å². The number of nitrogens with zero attached hydrogens (tertiary/aromatic N) is 4. The van der Waals surface area contributed by atoms with Crippen LogP contribution in [0.2, 0.25) is 10.2 Å². The second-order valence-electron chi connectivity index (χ2n) is 3.24. The third-order valence-electron chi connectivity index (χ3n) is 2.17. The van der Waals surface area contributed by atoms with Crippen molar-refractivity contribution in [2.45, 2.75) is 6.54 Å². The lowest BCUT2D eigenvalue weighted by Crippen LogP contribution is -2.23. The molecule has 0 bridgehead atoms. The minimum absolute atomic E-state index is 0.0164. The molecule has 0 fully saturated rings. The van der Waals surface area contributed by atoms with Gasteiger partial charge in [-0.1, -0.05) is 23.2 Å². The quantitative estimate of drug-likeness (QED) is 0.764. The molecule has 2 heterocycles. The van der Waals surface area contributed by atoms with Crippen LogP contribution in [-0.4, -0.2) is 19.1 Å². The first kappa shape index (κ1) is 11.2. The first-order valence-corrected chi connectivity index (χ1v) is 5.22. The second-order valence-corrected chi connectivity index (χ2v) is 3.97. The van der Waals surface area contributed by atoms with Crippen molar-refractivity contribution < 1.29 is 0 Å². The van der Waals surface area contributed by atoms with Crippen LogP contribution in [0.4, 0.5) is 0 Å². The molecular formula is C9H8Cl2N4O. The van der Waals surface area contributed by atoms with Crippen molar-refractivity contribution in [1.82, 2.24) is 19.1 Å². The number of rotatable bonds is 2. The van der Waals surface area contributed by atoms with Crippen LogP contribution in [0.1, 0.15) is 5.82 Å². The van der Waals surface area contributed by atoms with Crippen molar-refractivity contribution in [2.75, 3.05) is 0 Å². The highest BCUT2D eigenvalue weighted by Crippen LogP contribution is 2.12. The Hall–Kier alpha value is -1.33. The van der Waals surface area contributed by atoms with Crippen molar-refractivity contribution in [1.29, 1.82) is 0 Å². The summed E-state index contributed by atoms with van der Waals surface area (Å²) in [5.41, 5.74) is -0.371. The summed E-state index contributed by atoms with van der Waals surface area (Å²) in [5, 5.41) is -0.0545. The summed E-state index contributed by atoms with van der Waals surface area (Å²) < 4.78 is 3.17. The van der Waals surface area contributed by atoms with Crippen LogP contribution in [0.5, 0.6) is 0 Å². The van der Waals surface area contributed by atoms with Crippen molar-refractivity contribution in [2.24, 2.45) is 7.05 Å². The standard InChI is InChI=1S/C9H8Cl2N4O/c1-14-3-2-12-6(14)4-15-5-13-8(11)7(10)9(15)16/h2-3,5H,4H2,1H3. The number of halogens is 2. The van der Waals surface area contributed by atoms with E-state index in [-0.39, 0.29) is 15.7 Å². The maximum Gasteiger partial charge on any atom is 0.274 e. The molecule has 0 aliphatic carbocycles. The Morgan fingerprint density at radius 2 is 2.12 bits per heavy atom. The third kappa shape index (κ3) is 1.96. The predicted molar refractivity (Wildman–Crippen MR) is 60.8 cm³/mol. The van der Waals surface area contributed by atoms with Gasteiger partial charge in [-0.3, -0.25) is 9.36 Å². The van der Waals surface area contributed by atoms with Crippen LogP contribution in [-0.2, 0) is 13.6 Å². The summed E-state index contributed by atoms with van der Waals surface area (Å²) in [5.74, 6) is 0.738. The Morgan fingerprint density at radius 3 is 2.75 bits per heavy atom. The van der Waals surface area contributed by atoms with Gasteiger partial charge >= 0.3 is 0 Å². The molecule has 7 heteroatoms. The van der Waals surface area contributed by atoms with E-state index in [4.69, 9.17) is 23.2 Å². The molecule has 0 saturated heterocycles. The van der Waals surface area contributed by atoms with E-state index in [2.05, 4.69) is 9.97 Å². The van der Waals surface area contributed by atoms with E-state index < -0.39 is 0 Å². The highest BCUT2D eigenvalue weighted by atomic mass is 35.5. The van der Waals surface area contributed by atoms with Crippen LogP contribution in [0.25, 0.3) is 0 Å². The molecular weight excluding hydrogens is 251 g/mol. The van der Waals surface area contributed by atoms with Crippen molar-refractivity contribution >= 4 is 23.2 Å². The summed E-state index contributed by atoms with van der Waals surface area (Å²) in [6, 6.07) is 0. The molecule has 0 unspecified atom stereocenters.